The SMILES string of the molecule is Cc1ccc(N)c(N(CCCO)C(C)C)n1. The number of nitrogens with two attached hydrogens (primary N) is 1. The number of pyridine rings is 1. The summed E-state index contributed by atoms with van der Waals surface area (Å²) in [4.78, 5) is 6.59. The van der Waals surface area contributed by atoms with Crippen LogP contribution in [0.15, 0.2) is 12.1 Å². The number of rotatable bonds is 5. The first-order valence-electron chi connectivity index (χ1n) is 5.67. The van der Waals surface area contributed by atoms with Crippen molar-refractivity contribution < 1.29 is 5.11 Å². The molecule has 90 valence electrons. The minimum absolute atomic E-state index is 0.189. The van der Waals surface area contributed by atoms with E-state index in [2.05, 4.69) is 23.7 Å². The molecule has 0 aromatic carbocycles. The van der Waals surface area contributed by atoms with Crippen LogP contribution in [-0.2, 0) is 0 Å². The second-order valence-corrected chi connectivity index (χ2v) is 4.23. The maximum atomic E-state index is 8.89. The van der Waals surface area contributed by atoms with E-state index in [4.69, 9.17) is 10.8 Å². The average Bonchev–Trinajstić information content (AvgIpc) is 2.23. The molecule has 0 atom stereocenters. The topological polar surface area (TPSA) is 62.4 Å². The average molecular weight is 223 g/mol. The van der Waals surface area contributed by atoms with Gasteiger partial charge in [-0.05, 0) is 39.3 Å². The predicted molar refractivity (Wildman–Crippen MR) is 67.6 cm³/mol. The molecule has 1 aromatic heterocycles. The van der Waals surface area contributed by atoms with Crippen molar-refractivity contribution >= 4 is 11.5 Å². The van der Waals surface area contributed by atoms with E-state index in [0.29, 0.717) is 11.7 Å². The lowest BCUT2D eigenvalue weighted by molar-refractivity contribution is 0.288. The van der Waals surface area contributed by atoms with Gasteiger partial charge >= 0.3 is 0 Å². The quantitative estimate of drug-likeness (QED) is 0.795. The Balaban J connectivity index is 2.95. The van der Waals surface area contributed by atoms with Crippen molar-refractivity contribution in [1.82, 2.24) is 4.98 Å². The normalized spacial score (nSPS) is 10.8. The van der Waals surface area contributed by atoms with Crippen LogP contribution in [0.4, 0.5) is 11.5 Å². The van der Waals surface area contributed by atoms with Crippen LogP contribution < -0.4 is 10.6 Å². The molecular formula is C12H21N3O. The fourth-order valence-electron chi connectivity index (χ4n) is 1.63. The highest BCUT2D eigenvalue weighted by molar-refractivity contribution is 5.63. The third-order valence-electron chi connectivity index (χ3n) is 2.50. The molecule has 1 aromatic rings. The Labute approximate surface area is 97.1 Å². The number of hydrogen-bond acceptors (Lipinski definition) is 4. The minimum Gasteiger partial charge on any atom is -0.396 e. The molecule has 16 heavy (non-hydrogen) atoms. The summed E-state index contributed by atoms with van der Waals surface area (Å²) in [7, 11) is 0. The van der Waals surface area contributed by atoms with E-state index in [1.54, 1.807) is 0 Å². The van der Waals surface area contributed by atoms with Crippen LogP contribution in [0.5, 0.6) is 0 Å². The molecule has 3 N–H and O–H groups in total. The highest BCUT2D eigenvalue weighted by Gasteiger charge is 2.14. The largest absolute Gasteiger partial charge is 0.396 e. The Morgan fingerprint density at radius 3 is 2.69 bits per heavy atom. The van der Waals surface area contributed by atoms with Crippen molar-refractivity contribution in [3.63, 3.8) is 0 Å². The summed E-state index contributed by atoms with van der Waals surface area (Å²) < 4.78 is 0. The predicted octanol–water partition coefficient (Wildman–Crippen LogP) is 1.57. The molecule has 0 amide bonds. The van der Waals surface area contributed by atoms with Crippen LogP contribution in [0.3, 0.4) is 0 Å². The zero-order chi connectivity index (χ0) is 12.1. The Bertz CT molecular complexity index is 339. The Morgan fingerprint density at radius 2 is 2.12 bits per heavy atom. The second kappa shape index (κ2) is 5.70. The van der Waals surface area contributed by atoms with Crippen molar-refractivity contribution in [2.75, 3.05) is 23.8 Å². The Hall–Kier alpha value is -1.29. The molecule has 4 heteroatoms. The first kappa shape index (κ1) is 12.8. The van der Waals surface area contributed by atoms with E-state index in [0.717, 1.165) is 24.5 Å². The van der Waals surface area contributed by atoms with E-state index >= 15 is 0 Å². The molecule has 1 rings (SSSR count). The summed E-state index contributed by atoms with van der Waals surface area (Å²) in [5.41, 5.74) is 7.58. The van der Waals surface area contributed by atoms with Gasteiger partial charge in [-0.25, -0.2) is 4.98 Å². The molecule has 0 fully saturated rings. The van der Waals surface area contributed by atoms with Gasteiger partial charge in [0.2, 0.25) is 0 Å². The highest BCUT2D eigenvalue weighted by atomic mass is 16.3. The Morgan fingerprint density at radius 1 is 1.44 bits per heavy atom. The van der Waals surface area contributed by atoms with Gasteiger partial charge in [0.25, 0.3) is 0 Å². The molecule has 0 unspecified atom stereocenters. The molecule has 0 aliphatic heterocycles. The Kier molecular flexibility index (Phi) is 4.55. The molecule has 0 aliphatic rings. The lowest BCUT2D eigenvalue weighted by atomic mass is 10.2. The summed E-state index contributed by atoms with van der Waals surface area (Å²) >= 11 is 0. The number of aryl methyl sites for hydroxylation is 1. The third-order valence-corrected chi connectivity index (χ3v) is 2.50. The molecule has 1 heterocycles. The van der Waals surface area contributed by atoms with Crippen molar-refractivity contribution in [1.29, 1.82) is 0 Å². The van der Waals surface area contributed by atoms with Crippen molar-refractivity contribution in [2.45, 2.75) is 33.2 Å². The molecule has 0 spiro atoms. The summed E-state index contributed by atoms with van der Waals surface area (Å²) in [5, 5.41) is 8.89. The van der Waals surface area contributed by atoms with Crippen LogP contribution in [-0.4, -0.2) is 29.3 Å². The summed E-state index contributed by atoms with van der Waals surface area (Å²) in [6, 6.07) is 4.11. The standard InChI is InChI=1S/C12H21N3O/c1-9(2)15(7-4-8-16)12-11(13)6-5-10(3)14-12/h5-6,9,16H,4,7-8,13H2,1-3H3. The van der Waals surface area contributed by atoms with Gasteiger partial charge in [-0.3, -0.25) is 0 Å². The van der Waals surface area contributed by atoms with Crippen molar-refractivity contribution in [3.8, 4) is 0 Å². The smallest absolute Gasteiger partial charge is 0.152 e. The summed E-state index contributed by atoms with van der Waals surface area (Å²) in [5.74, 6) is 0.823. The number of nitrogen functional groups attached to an aromatic ring is 1. The van der Waals surface area contributed by atoms with Gasteiger partial charge < -0.3 is 15.7 Å². The van der Waals surface area contributed by atoms with Gasteiger partial charge in [0.1, 0.15) is 0 Å². The van der Waals surface area contributed by atoms with E-state index in [-0.39, 0.29) is 6.61 Å². The molecule has 0 radical (unpaired) electrons. The van der Waals surface area contributed by atoms with Gasteiger partial charge in [-0.2, -0.15) is 0 Å². The number of nitrogens with zero attached hydrogens (tertiary/aromatic N) is 2. The fourth-order valence-corrected chi connectivity index (χ4v) is 1.63. The lowest BCUT2D eigenvalue weighted by Gasteiger charge is -2.29. The molecule has 0 saturated heterocycles. The van der Waals surface area contributed by atoms with Crippen LogP contribution in [0.2, 0.25) is 0 Å². The minimum atomic E-state index is 0.189. The van der Waals surface area contributed by atoms with Gasteiger partial charge in [0.05, 0.1) is 5.69 Å². The van der Waals surface area contributed by atoms with E-state index in [1.165, 1.54) is 0 Å². The van der Waals surface area contributed by atoms with Crippen LogP contribution in [0.1, 0.15) is 26.0 Å². The molecular weight excluding hydrogens is 202 g/mol. The third kappa shape index (κ3) is 3.10. The zero-order valence-electron chi connectivity index (χ0n) is 10.3. The van der Waals surface area contributed by atoms with Gasteiger partial charge in [0, 0.05) is 24.9 Å². The first-order valence-corrected chi connectivity index (χ1v) is 5.67. The first-order chi connectivity index (χ1) is 7.56. The number of aliphatic hydroxyl groups is 1. The number of aliphatic hydroxyl groups excluding tert-OH is 1. The van der Waals surface area contributed by atoms with Crippen LogP contribution >= 0.6 is 0 Å². The van der Waals surface area contributed by atoms with E-state index in [1.807, 2.05) is 19.1 Å². The highest BCUT2D eigenvalue weighted by Crippen LogP contribution is 2.22. The number of hydrogen-bond donors (Lipinski definition) is 2. The molecule has 0 bridgehead atoms. The van der Waals surface area contributed by atoms with Crippen LogP contribution in [0, 0.1) is 6.92 Å². The van der Waals surface area contributed by atoms with Crippen LogP contribution in [0.25, 0.3) is 0 Å². The maximum absolute atomic E-state index is 8.89. The van der Waals surface area contributed by atoms with Crippen molar-refractivity contribution in [3.05, 3.63) is 17.8 Å². The second-order valence-electron chi connectivity index (χ2n) is 4.23. The van der Waals surface area contributed by atoms with E-state index in [9.17, 15) is 0 Å². The molecule has 4 nitrogen and oxygen atoms in total. The van der Waals surface area contributed by atoms with Gasteiger partial charge in [-0.1, -0.05) is 0 Å². The summed E-state index contributed by atoms with van der Waals surface area (Å²) in [6.07, 6.45) is 0.729. The van der Waals surface area contributed by atoms with Crippen molar-refractivity contribution in [2.24, 2.45) is 0 Å². The fraction of sp³-hybridized carbons (Fsp3) is 0.583. The number of anilines is 2. The lowest BCUT2D eigenvalue weighted by Crippen LogP contribution is -2.33. The number of aromatic nitrogens is 1. The molecule has 0 aliphatic carbocycles. The molecule has 0 saturated carbocycles. The maximum Gasteiger partial charge on any atom is 0.152 e. The zero-order valence-corrected chi connectivity index (χ0v) is 10.3. The monoisotopic (exact) mass is 223 g/mol. The van der Waals surface area contributed by atoms with Gasteiger partial charge in [-0.15, -0.1) is 0 Å². The summed E-state index contributed by atoms with van der Waals surface area (Å²) in [6.45, 7) is 7.11. The van der Waals surface area contributed by atoms with Gasteiger partial charge in [0.15, 0.2) is 5.82 Å². The van der Waals surface area contributed by atoms with E-state index < -0.39 is 0 Å².